The number of ether oxygens (including phenoxy) is 1. The van der Waals surface area contributed by atoms with Crippen LogP contribution in [0, 0.1) is 0 Å². The average molecular weight is 524 g/mol. The Morgan fingerprint density at radius 3 is 2.53 bits per heavy atom. The molecule has 1 atom stereocenters. The molecule has 4 heterocycles. The lowest BCUT2D eigenvalue weighted by molar-refractivity contribution is -0.274. The van der Waals surface area contributed by atoms with Crippen LogP contribution in [-0.2, 0) is 0 Å². The molecule has 1 saturated carbocycles. The lowest BCUT2D eigenvalue weighted by Gasteiger charge is -2.32. The van der Waals surface area contributed by atoms with E-state index < -0.39 is 6.36 Å². The number of halogens is 3. The van der Waals surface area contributed by atoms with E-state index in [1.165, 1.54) is 49.1 Å². The van der Waals surface area contributed by atoms with Crippen LogP contribution in [0.2, 0.25) is 0 Å². The summed E-state index contributed by atoms with van der Waals surface area (Å²) in [5.41, 5.74) is 2.70. The van der Waals surface area contributed by atoms with E-state index >= 15 is 0 Å². The molecule has 0 bridgehead atoms. The Kier molecular flexibility index (Phi) is 6.61. The van der Waals surface area contributed by atoms with Crippen molar-refractivity contribution < 1.29 is 17.9 Å². The SMILES string of the molecule is FC(F)(F)Oc1ccc(NC2=CC(c3nc(N4CCNCC4)c4c(C5CCC5)cncc4n3)CC=N2)cc1. The van der Waals surface area contributed by atoms with Crippen LogP contribution in [-0.4, -0.2) is 53.7 Å². The van der Waals surface area contributed by atoms with Crippen LogP contribution in [0.5, 0.6) is 5.75 Å². The van der Waals surface area contributed by atoms with E-state index in [-0.39, 0.29) is 11.7 Å². The quantitative estimate of drug-likeness (QED) is 0.464. The van der Waals surface area contributed by atoms with Gasteiger partial charge in [0.25, 0.3) is 0 Å². The standard InChI is InChI=1S/C27H28F3N7O/c28-27(29,30)38-20-6-4-19(5-7-20)34-23-14-18(8-9-33-23)25-35-22-16-32-15-21(17-2-1-3-17)24(22)26(36-25)37-12-10-31-11-13-37/h4-7,9,14-18,31,34H,1-3,8,10-13H2. The molecule has 2 fully saturated rings. The number of anilines is 2. The molecule has 2 aliphatic heterocycles. The van der Waals surface area contributed by atoms with Crippen molar-refractivity contribution >= 4 is 28.6 Å². The molecule has 1 aromatic carbocycles. The molecule has 8 nitrogen and oxygen atoms in total. The molecule has 3 aromatic rings. The highest BCUT2D eigenvalue weighted by molar-refractivity contribution is 5.92. The minimum Gasteiger partial charge on any atom is -0.406 e. The first-order valence-electron chi connectivity index (χ1n) is 12.9. The van der Waals surface area contributed by atoms with Gasteiger partial charge in [-0.2, -0.15) is 0 Å². The van der Waals surface area contributed by atoms with Gasteiger partial charge in [0, 0.05) is 55.6 Å². The van der Waals surface area contributed by atoms with E-state index in [0.29, 0.717) is 29.7 Å². The third-order valence-corrected chi connectivity index (χ3v) is 7.24. The number of fused-ring (bicyclic) bond motifs is 1. The van der Waals surface area contributed by atoms with Gasteiger partial charge in [0.15, 0.2) is 0 Å². The van der Waals surface area contributed by atoms with Crippen LogP contribution in [0.25, 0.3) is 10.9 Å². The molecule has 6 rings (SSSR count). The Morgan fingerprint density at radius 1 is 1.03 bits per heavy atom. The summed E-state index contributed by atoms with van der Waals surface area (Å²) in [6.45, 7) is 3.56. The van der Waals surface area contributed by atoms with E-state index in [1.807, 2.05) is 24.7 Å². The first-order chi connectivity index (χ1) is 18.4. The number of pyridine rings is 1. The van der Waals surface area contributed by atoms with Gasteiger partial charge in [0.2, 0.25) is 0 Å². The minimum absolute atomic E-state index is 0.110. The molecule has 0 radical (unpaired) electrons. The second-order valence-electron chi connectivity index (χ2n) is 9.80. The number of aliphatic imine (C=N–C) groups is 1. The van der Waals surface area contributed by atoms with E-state index in [4.69, 9.17) is 9.97 Å². The van der Waals surface area contributed by atoms with Crippen molar-refractivity contribution in [1.29, 1.82) is 0 Å². The van der Waals surface area contributed by atoms with Crippen molar-refractivity contribution in [2.24, 2.45) is 4.99 Å². The predicted octanol–water partition coefficient (Wildman–Crippen LogP) is 5.11. The Morgan fingerprint density at radius 2 is 1.82 bits per heavy atom. The summed E-state index contributed by atoms with van der Waals surface area (Å²) in [5, 5.41) is 7.70. The van der Waals surface area contributed by atoms with Crippen LogP contribution in [0.4, 0.5) is 24.7 Å². The summed E-state index contributed by atoms with van der Waals surface area (Å²) in [7, 11) is 0. The number of nitrogens with zero attached hydrogens (tertiary/aromatic N) is 5. The molecule has 1 unspecified atom stereocenters. The minimum atomic E-state index is -4.73. The number of hydrogen-bond acceptors (Lipinski definition) is 8. The van der Waals surface area contributed by atoms with Gasteiger partial charge in [-0.15, -0.1) is 13.2 Å². The van der Waals surface area contributed by atoms with Gasteiger partial charge in [-0.3, -0.25) is 4.98 Å². The normalized spacial score (nSPS) is 20.2. The maximum absolute atomic E-state index is 12.5. The third kappa shape index (κ3) is 5.28. The summed E-state index contributed by atoms with van der Waals surface area (Å²) in [6.07, 6.45) is 7.10. The molecule has 11 heteroatoms. The number of rotatable bonds is 6. The fraction of sp³-hybridized carbons (Fsp3) is 0.407. The highest BCUT2D eigenvalue weighted by atomic mass is 19.4. The maximum Gasteiger partial charge on any atom is 0.573 e. The molecule has 3 aliphatic rings. The van der Waals surface area contributed by atoms with Crippen molar-refractivity contribution in [3.8, 4) is 5.75 Å². The van der Waals surface area contributed by atoms with E-state index in [2.05, 4.69) is 30.2 Å². The highest BCUT2D eigenvalue weighted by Crippen LogP contribution is 2.42. The van der Waals surface area contributed by atoms with Gasteiger partial charge in [0.1, 0.15) is 23.2 Å². The largest absolute Gasteiger partial charge is 0.573 e. The highest BCUT2D eigenvalue weighted by Gasteiger charge is 2.31. The number of piperazine rings is 1. The van der Waals surface area contributed by atoms with Crippen molar-refractivity contribution in [2.75, 3.05) is 36.4 Å². The molecular weight excluding hydrogens is 495 g/mol. The third-order valence-electron chi connectivity index (χ3n) is 7.24. The van der Waals surface area contributed by atoms with Crippen LogP contribution >= 0.6 is 0 Å². The Labute approximate surface area is 218 Å². The van der Waals surface area contributed by atoms with Gasteiger partial charge < -0.3 is 20.3 Å². The Hall–Kier alpha value is -3.73. The van der Waals surface area contributed by atoms with E-state index in [1.54, 1.807) is 0 Å². The number of alkyl halides is 3. The number of aromatic nitrogens is 3. The second kappa shape index (κ2) is 10.2. The number of allylic oxidation sites excluding steroid dienone is 1. The summed E-state index contributed by atoms with van der Waals surface area (Å²) in [5.74, 6) is 2.38. The zero-order valence-corrected chi connectivity index (χ0v) is 20.7. The topological polar surface area (TPSA) is 87.6 Å². The average Bonchev–Trinajstić information content (AvgIpc) is 2.88. The fourth-order valence-electron chi connectivity index (χ4n) is 5.11. The van der Waals surface area contributed by atoms with Crippen molar-refractivity contribution in [3.05, 3.63) is 59.9 Å². The number of hydrogen-bond donors (Lipinski definition) is 2. The molecule has 1 saturated heterocycles. The zero-order chi connectivity index (χ0) is 26.1. The molecule has 0 amide bonds. The van der Waals surface area contributed by atoms with Gasteiger partial charge in [-0.05, 0) is 61.1 Å². The monoisotopic (exact) mass is 523 g/mol. The van der Waals surface area contributed by atoms with Gasteiger partial charge in [-0.25, -0.2) is 15.0 Å². The summed E-state index contributed by atoms with van der Waals surface area (Å²) in [4.78, 5) is 21.4. The first-order valence-corrected chi connectivity index (χ1v) is 12.9. The summed E-state index contributed by atoms with van der Waals surface area (Å²) >= 11 is 0. The van der Waals surface area contributed by atoms with Gasteiger partial charge in [-0.1, -0.05) is 6.42 Å². The van der Waals surface area contributed by atoms with Crippen LogP contribution in [0.1, 0.15) is 48.9 Å². The molecule has 1 aliphatic carbocycles. The van der Waals surface area contributed by atoms with E-state index in [0.717, 1.165) is 42.9 Å². The Balaban J connectivity index is 1.30. The van der Waals surface area contributed by atoms with Crippen molar-refractivity contribution in [3.63, 3.8) is 0 Å². The van der Waals surface area contributed by atoms with E-state index in [9.17, 15) is 13.2 Å². The van der Waals surface area contributed by atoms with Crippen molar-refractivity contribution in [1.82, 2.24) is 20.3 Å². The smallest absolute Gasteiger partial charge is 0.406 e. The second-order valence-corrected chi connectivity index (χ2v) is 9.80. The molecular formula is C27H28F3N7O. The number of benzene rings is 1. The molecule has 2 aromatic heterocycles. The predicted molar refractivity (Wildman–Crippen MR) is 140 cm³/mol. The van der Waals surface area contributed by atoms with Gasteiger partial charge in [0.05, 0.1) is 11.7 Å². The van der Waals surface area contributed by atoms with Crippen LogP contribution in [0.15, 0.2) is 53.5 Å². The lowest BCUT2D eigenvalue weighted by atomic mass is 9.79. The zero-order valence-electron chi connectivity index (χ0n) is 20.7. The lowest BCUT2D eigenvalue weighted by Crippen LogP contribution is -2.44. The Bertz CT molecular complexity index is 1360. The summed E-state index contributed by atoms with van der Waals surface area (Å²) < 4.78 is 41.3. The molecule has 2 N–H and O–H groups in total. The van der Waals surface area contributed by atoms with Crippen LogP contribution in [0.3, 0.4) is 0 Å². The maximum atomic E-state index is 12.5. The summed E-state index contributed by atoms with van der Waals surface area (Å²) in [6, 6.07) is 5.56. The fourth-order valence-corrected chi connectivity index (χ4v) is 5.11. The molecule has 0 spiro atoms. The first kappa shape index (κ1) is 24.6. The molecule has 38 heavy (non-hydrogen) atoms. The van der Waals surface area contributed by atoms with Crippen LogP contribution < -0.4 is 20.3 Å². The number of nitrogens with one attached hydrogen (secondary N) is 2. The van der Waals surface area contributed by atoms with Gasteiger partial charge >= 0.3 is 6.36 Å². The molecule has 198 valence electrons. The van der Waals surface area contributed by atoms with Crippen molar-refractivity contribution in [2.45, 2.75) is 43.9 Å².